The van der Waals surface area contributed by atoms with Gasteiger partial charge in [0.1, 0.15) is 5.15 Å². The summed E-state index contributed by atoms with van der Waals surface area (Å²) in [6, 6.07) is 9.64. The van der Waals surface area contributed by atoms with Gasteiger partial charge in [-0.1, -0.05) is 23.2 Å². The van der Waals surface area contributed by atoms with Crippen LogP contribution in [0, 0.1) is 16.7 Å². The fraction of sp³-hybridized carbons (Fsp3) is 0.409. The predicted octanol–water partition coefficient (Wildman–Crippen LogP) is 5.65. The molecule has 0 spiro atoms. The summed E-state index contributed by atoms with van der Waals surface area (Å²) in [6.07, 6.45) is 6.73. The van der Waals surface area contributed by atoms with Crippen LogP contribution in [0.2, 0.25) is 10.2 Å². The molecule has 0 bridgehead atoms. The zero-order chi connectivity index (χ0) is 19.9. The van der Waals surface area contributed by atoms with Gasteiger partial charge in [0.05, 0.1) is 5.02 Å². The number of benzene rings is 1. The van der Waals surface area contributed by atoms with E-state index in [0.717, 1.165) is 37.1 Å². The minimum Gasteiger partial charge on any atom is -0.368 e. The van der Waals surface area contributed by atoms with E-state index >= 15 is 0 Å². The topological polar surface area (TPSA) is 57.1 Å². The molecule has 2 atom stereocenters. The Labute approximate surface area is 175 Å². The van der Waals surface area contributed by atoms with Crippen molar-refractivity contribution in [1.29, 1.82) is 5.41 Å². The normalized spacial score (nSPS) is 22.9. The number of pyridine rings is 1. The summed E-state index contributed by atoms with van der Waals surface area (Å²) in [5.74, 6) is 0.640. The highest BCUT2D eigenvalue weighted by Gasteiger charge is 2.54. The molecule has 28 heavy (non-hydrogen) atoms. The van der Waals surface area contributed by atoms with E-state index in [1.165, 1.54) is 6.21 Å². The fourth-order valence-corrected chi connectivity index (χ4v) is 5.17. The van der Waals surface area contributed by atoms with Crippen LogP contribution in [0.5, 0.6) is 0 Å². The molecule has 2 aliphatic rings. The first kappa shape index (κ1) is 19.4. The Morgan fingerprint density at radius 1 is 1.32 bits per heavy atom. The lowest BCUT2D eigenvalue weighted by atomic mass is 9.79. The molecule has 1 saturated carbocycles. The molecule has 2 fully saturated rings. The Balaban J connectivity index is 1.50. The van der Waals surface area contributed by atoms with E-state index in [-0.39, 0.29) is 11.2 Å². The fourth-order valence-electron chi connectivity index (χ4n) is 4.77. The molecule has 1 aromatic carbocycles. The average molecular weight is 416 g/mol. The van der Waals surface area contributed by atoms with Crippen LogP contribution < -0.4 is 4.90 Å². The largest absolute Gasteiger partial charge is 0.368 e. The van der Waals surface area contributed by atoms with E-state index in [4.69, 9.17) is 28.6 Å². The summed E-state index contributed by atoms with van der Waals surface area (Å²) in [6.45, 7) is 3.22. The molecule has 146 valence electrons. The van der Waals surface area contributed by atoms with Crippen LogP contribution in [-0.4, -0.2) is 29.6 Å². The van der Waals surface area contributed by atoms with Gasteiger partial charge in [0.25, 0.3) is 0 Å². The molecule has 4 nitrogen and oxygen atoms in total. The quantitative estimate of drug-likeness (QED) is 0.376. The number of carbonyl (C=O) groups is 1. The van der Waals surface area contributed by atoms with Gasteiger partial charge in [0.15, 0.2) is 5.78 Å². The maximum atomic E-state index is 12.8. The zero-order valence-corrected chi connectivity index (χ0v) is 17.3. The Morgan fingerprint density at radius 2 is 2.11 bits per heavy atom. The van der Waals surface area contributed by atoms with Gasteiger partial charge in [-0.15, -0.1) is 0 Å². The molecule has 0 amide bonds. The Hall–Kier alpha value is -1.91. The van der Waals surface area contributed by atoms with Gasteiger partial charge in [-0.25, -0.2) is 4.98 Å². The van der Waals surface area contributed by atoms with Gasteiger partial charge in [0, 0.05) is 48.2 Å². The van der Waals surface area contributed by atoms with Gasteiger partial charge in [0.2, 0.25) is 0 Å². The number of nitrogens with zero attached hydrogens (tertiary/aromatic N) is 2. The zero-order valence-electron chi connectivity index (χ0n) is 15.8. The highest BCUT2D eigenvalue weighted by Crippen LogP contribution is 2.59. The van der Waals surface area contributed by atoms with Crippen molar-refractivity contribution in [2.75, 3.05) is 11.4 Å². The monoisotopic (exact) mass is 415 g/mol. The average Bonchev–Trinajstić information content (AvgIpc) is 3.34. The first-order chi connectivity index (χ1) is 13.4. The highest BCUT2D eigenvalue weighted by molar-refractivity contribution is 6.33. The number of halogens is 2. The van der Waals surface area contributed by atoms with Crippen molar-refractivity contribution in [3.05, 3.63) is 57.8 Å². The first-order valence-electron chi connectivity index (χ1n) is 9.65. The van der Waals surface area contributed by atoms with Gasteiger partial charge >= 0.3 is 0 Å². The number of ketones is 1. The maximum absolute atomic E-state index is 12.8. The number of carbonyl (C=O) groups excluding carboxylic acids is 1. The van der Waals surface area contributed by atoms with Gasteiger partial charge < -0.3 is 10.3 Å². The highest BCUT2D eigenvalue weighted by atomic mass is 35.5. The molecule has 2 heterocycles. The molecule has 1 aliphatic carbocycles. The third-order valence-corrected chi connectivity index (χ3v) is 7.00. The van der Waals surface area contributed by atoms with Crippen molar-refractivity contribution in [2.45, 2.75) is 38.6 Å². The van der Waals surface area contributed by atoms with Crippen LogP contribution >= 0.6 is 23.2 Å². The Kier molecular flexibility index (Phi) is 5.19. The van der Waals surface area contributed by atoms with E-state index in [0.29, 0.717) is 34.1 Å². The second-order valence-corrected chi connectivity index (χ2v) is 8.80. The summed E-state index contributed by atoms with van der Waals surface area (Å²) < 4.78 is 0. The van der Waals surface area contributed by atoms with Crippen molar-refractivity contribution >= 4 is 40.9 Å². The second-order valence-electron chi connectivity index (χ2n) is 8.01. The van der Waals surface area contributed by atoms with Crippen LogP contribution in [0.1, 0.15) is 48.5 Å². The molecule has 4 rings (SSSR count). The third-order valence-electron chi connectivity index (χ3n) is 6.47. The van der Waals surface area contributed by atoms with E-state index in [2.05, 4.69) is 16.8 Å². The summed E-state index contributed by atoms with van der Waals surface area (Å²) in [5, 5.41) is 8.38. The van der Waals surface area contributed by atoms with Crippen LogP contribution in [0.4, 0.5) is 5.69 Å². The smallest absolute Gasteiger partial charge is 0.163 e. The van der Waals surface area contributed by atoms with Crippen LogP contribution in [0.15, 0.2) is 36.5 Å². The molecule has 0 radical (unpaired) electrons. The first-order valence-corrected chi connectivity index (χ1v) is 10.4. The van der Waals surface area contributed by atoms with Crippen molar-refractivity contribution in [3.8, 4) is 0 Å². The molecule has 1 N–H and O–H groups in total. The standard InChI is InChI=1S/C22H23Cl2N3O/c1-14-18(5-9-27(14)17-3-2-16(13-25)19(23)11-17)22(6-7-22)12-20(28)15-4-8-26-21(24)10-15/h2-4,8,10-11,13-14,18,25H,5-7,9,12H2,1H3/t14-,18-/m0/s1. The Morgan fingerprint density at radius 3 is 2.75 bits per heavy atom. The summed E-state index contributed by atoms with van der Waals surface area (Å²) in [5.41, 5.74) is 2.57. The summed E-state index contributed by atoms with van der Waals surface area (Å²) in [7, 11) is 0. The number of hydrogen-bond donors (Lipinski definition) is 1. The number of rotatable bonds is 6. The minimum atomic E-state index is 0.0969. The van der Waals surface area contributed by atoms with Crippen LogP contribution in [0.25, 0.3) is 0 Å². The van der Waals surface area contributed by atoms with Gasteiger partial charge in [-0.2, -0.15) is 0 Å². The van der Waals surface area contributed by atoms with E-state index < -0.39 is 0 Å². The van der Waals surface area contributed by atoms with Crippen LogP contribution in [-0.2, 0) is 0 Å². The molecule has 0 unspecified atom stereocenters. The second kappa shape index (κ2) is 7.49. The van der Waals surface area contributed by atoms with Crippen molar-refractivity contribution in [1.82, 2.24) is 4.98 Å². The third kappa shape index (κ3) is 3.56. The van der Waals surface area contributed by atoms with E-state index in [1.807, 2.05) is 18.2 Å². The molecule has 6 heteroatoms. The molecule has 1 aromatic heterocycles. The van der Waals surface area contributed by atoms with Crippen LogP contribution in [0.3, 0.4) is 0 Å². The number of aromatic nitrogens is 1. The predicted molar refractivity (Wildman–Crippen MR) is 114 cm³/mol. The van der Waals surface area contributed by atoms with E-state index in [9.17, 15) is 4.79 Å². The van der Waals surface area contributed by atoms with Gasteiger partial charge in [-0.3, -0.25) is 4.79 Å². The number of Topliss-reactive ketones (excluding diaryl/α,β-unsaturated/α-hetero) is 1. The van der Waals surface area contributed by atoms with Crippen molar-refractivity contribution in [3.63, 3.8) is 0 Å². The lowest BCUT2D eigenvalue weighted by Gasteiger charge is -2.31. The maximum Gasteiger partial charge on any atom is 0.163 e. The number of hydrogen-bond acceptors (Lipinski definition) is 4. The van der Waals surface area contributed by atoms with Crippen molar-refractivity contribution in [2.24, 2.45) is 11.3 Å². The lowest BCUT2D eigenvalue weighted by molar-refractivity contribution is 0.0929. The number of anilines is 1. The Bertz CT molecular complexity index is 926. The molecule has 1 aliphatic heterocycles. The molecular weight excluding hydrogens is 393 g/mol. The molecule has 1 saturated heterocycles. The van der Waals surface area contributed by atoms with Crippen molar-refractivity contribution < 1.29 is 4.79 Å². The minimum absolute atomic E-state index is 0.0969. The van der Waals surface area contributed by atoms with E-state index in [1.54, 1.807) is 18.3 Å². The summed E-state index contributed by atoms with van der Waals surface area (Å²) >= 11 is 12.3. The lowest BCUT2D eigenvalue weighted by Crippen LogP contribution is -2.34. The SMILES string of the molecule is C[C@H]1[C@@H](C2(CC(=O)c3ccnc(Cl)c3)CC2)CCN1c1ccc(C=N)c(Cl)c1. The molecular formula is C22H23Cl2N3O. The molecule has 2 aromatic rings. The summed E-state index contributed by atoms with van der Waals surface area (Å²) in [4.78, 5) is 19.2. The number of nitrogens with one attached hydrogen (secondary N) is 1. The van der Waals surface area contributed by atoms with Gasteiger partial charge in [-0.05, 0) is 67.9 Å².